The molecule has 0 spiro atoms. The normalized spacial score (nSPS) is 12.3. The highest BCUT2D eigenvalue weighted by molar-refractivity contribution is 5.22. The van der Waals surface area contributed by atoms with Crippen LogP contribution in [0.15, 0.2) is 42.7 Å². The predicted octanol–water partition coefficient (Wildman–Crippen LogP) is 2.08. The van der Waals surface area contributed by atoms with E-state index in [1.807, 2.05) is 16.9 Å². The number of hydrogen-bond donors (Lipinski definition) is 1. The van der Waals surface area contributed by atoms with Crippen molar-refractivity contribution < 1.29 is 9.13 Å². The van der Waals surface area contributed by atoms with Gasteiger partial charge in [-0.1, -0.05) is 6.07 Å². The third-order valence-electron chi connectivity index (χ3n) is 2.68. The van der Waals surface area contributed by atoms with Crippen LogP contribution in [0.1, 0.15) is 6.92 Å². The summed E-state index contributed by atoms with van der Waals surface area (Å²) in [4.78, 5) is 0. The van der Waals surface area contributed by atoms with Gasteiger partial charge in [0.05, 0.1) is 6.54 Å². The van der Waals surface area contributed by atoms with Gasteiger partial charge in [0.15, 0.2) is 0 Å². The summed E-state index contributed by atoms with van der Waals surface area (Å²) >= 11 is 0. The van der Waals surface area contributed by atoms with Crippen LogP contribution in [0.2, 0.25) is 0 Å². The zero-order valence-electron chi connectivity index (χ0n) is 10.9. The van der Waals surface area contributed by atoms with Gasteiger partial charge in [-0.3, -0.25) is 4.68 Å². The number of halogens is 1. The van der Waals surface area contributed by atoms with Crippen LogP contribution in [0.4, 0.5) is 4.39 Å². The SMILES string of the molecule is C[C@H](Cn1cccn1)NCCOc1cccc(F)c1. The molecule has 102 valence electrons. The van der Waals surface area contributed by atoms with Gasteiger partial charge in [-0.05, 0) is 25.1 Å². The van der Waals surface area contributed by atoms with Crippen molar-refractivity contribution in [3.63, 3.8) is 0 Å². The summed E-state index contributed by atoms with van der Waals surface area (Å²) in [6.45, 7) is 4.11. The molecule has 0 unspecified atom stereocenters. The smallest absolute Gasteiger partial charge is 0.126 e. The lowest BCUT2D eigenvalue weighted by molar-refractivity contribution is 0.300. The van der Waals surface area contributed by atoms with E-state index in [1.165, 1.54) is 12.1 Å². The summed E-state index contributed by atoms with van der Waals surface area (Å²) in [5.74, 6) is 0.277. The lowest BCUT2D eigenvalue weighted by Crippen LogP contribution is -2.33. The van der Waals surface area contributed by atoms with Crippen LogP contribution in [0, 0.1) is 5.82 Å². The first-order chi connectivity index (χ1) is 9.24. The van der Waals surface area contributed by atoms with E-state index in [0.29, 0.717) is 24.9 Å². The van der Waals surface area contributed by atoms with Crippen molar-refractivity contribution in [2.24, 2.45) is 0 Å². The van der Waals surface area contributed by atoms with Crippen molar-refractivity contribution in [1.29, 1.82) is 0 Å². The second-order valence-electron chi connectivity index (χ2n) is 4.39. The van der Waals surface area contributed by atoms with E-state index >= 15 is 0 Å². The fourth-order valence-electron chi connectivity index (χ4n) is 1.78. The van der Waals surface area contributed by atoms with E-state index in [4.69, 9.17) is 4.74 Å². The summed E-state index contributed by atoms with van der Waals surface area (Å²) in [6, 6.07) is 8.37. The maximum Gasteiger partial charge on any atom is 0.126 e. The van der Waals surface area contributed by atoms with Crippen molar-refractivity contribution in [3.05, 3.63) is 48.5 Å². The number of hydrogen-bond acceptors (Lipinski definition) is 3. The molecular formula is C14H18FN3O. The maximum atomic E-state index is 12.9. The molecule has 0 bridgehead atoms. The number of rotatable bonds is 7. The molecule has 0 saturated carbocycles. The standard InChI is InChI=1S/C14H18FN3O/c1-12(11-18-8-3-6-17-18)16-7-9-19-14-5-2-4-13(15)10-14/h2-6,8,10,12,16H,7,9,11H2,1H3/t12-/m1/s1. The van der Waals surface area contributed by atoms with E-state index in [9.17, 15) is 4.39 Å². The van der Waals surface area contributed by atoms with E-state index in [1.54, 1.807) is 18.3 Å². The van der Waals surface area contributed by atoms with Crippen LogP contribution >= 0.6 is 0 Å². The highest BCUT2D eigenvalue weighted by atomic mass is 19.1. The van der Waals surface area contributed by atoms with Crippen molar-refractivity contribution in [3.8, 4) is 5.75 Å². The topological polar surface area (TPSA) is 39.1 Å². The molecule has 0 aliphatic heterocycles. The van der Waals surface area contributed by atoms with Crippen LogP contribution in [-0.4, -0.2) is 29.0 Å². The molecule has 1 N–H and O–H groups in total. The average molecular weight is 263 g/mol. The van der Waals surface area contributed by atoms with Crippen LogP contribution in [0.25, 0.3) is 0 Å². The summed E-state index contributed by atoms with van der Waals surface area (Å²) in [5, 5.41) is 7.47. The number of nitrogens with one attached hydrogen (secondary N) is 1. The Kier molecular flexibility index (Phi) is 4.92. The lowest BCUT2D eigenvalue weighted by atomic mass is 10.3. The first-order valence-corrected chi connectivity index (χ1v) is 6.33. The minimum absolute atomic E-state index is 0.280. The van der Waals surface area contributed by atoms with Crippen LogP contribution < -0.4 is 10.1 Å². The van der Waals surface area contributed by atoms with Crippen molar-refractivity contribution >= 4 is 0 Å². The zero-order valence-corrected chi connectivity index (χ0v) is 10.9. The molecule has 19 heavy (non-hydrogen) atoms. The second kappa shape index (κ2) is 6.89. The molecule has 2 rings (SSSR count). The number of ether oxygens (including phenoxy) is 1. The molecule has 0 radical (unpaired) electrons. The molecular weight excluding hydrogens is 245 g/mol. The molecule has 1 heterocycles. The van der Waals surface area contributed by atoms with Crippen molar-refractivity contribution in [1.82, 2.24) is 15.1 Å². The molecule has 0 amide bonds. The first-order valence-electron chi connectivity index (χ1n) is 6.33. The monoisotopic (exact) mass is 263 g/mol. The molecule has 1 aromatic heterocycles. The van der Waals surface area contributed by atoms with Crippen molar-refractivity contribution in [2.45, 2.75) is 19.5 Å². The van der Waals surface area contributed by atoms with Gasteiger partial charge in [0.2, 0.25) is 0 Å². The lowest BCUT2D eigenvalue weighted by Gasteiger charge is -2.14. The largest absolute Gasteiger partial charge is 0.492 e. The fraction of sp³-hybridized carbons (Fsp3) is 0.357. The molecule has 0 aliphatic carbocycles. The average Bonchev–Trinajstić information content (AvgIpc) is 2.87. The van der Waals surface area contributed by atoms with Crippen LogP contribution in [0.5, 0.6) is 5.75 Å². The van der Waals surface area contributed by atoms with Gasteiger partial charge in [0.25, 0.3) is 0 Å². The van der Waals surface area contributed by atoms with Gasteiger partial charge < -0.3 is 10.1 Å². The Balaban J connectivity index is 1.64. The molecule has 5 heteroatoms. The molecule has 2 aromatic rings. The third kappa shape index (κ3) is 4.71. The highest BCUT2D eigenvalue weighted by Gasteiger charge is 2.02. The van der Waals surface area contributed by atoms with Gasteiger partial charge in [-0.15, -0.1) is 0 Å². The Bertz CT molecular complexity index is 487. The summed E-state index contributed by atoms with van der Waals surface area (Å²) in [5.41, 5.74) is 0. The minimum Gasteiger partial charge on any atom is -0.492 e. The Morgan fingerprint density at radius 3 is 3.05 bits per heavy atom. The molecule has 0 saturated heterocycles. The van der Waals surface area contributed by atoms with E-state index < -0.39 is 0 Å². The maximum absolute atomic E-state index is 12.9. The third-order valence-corrected chi connectivity index (χ3v) is 2.68. The van der Waals surface area contributed by atoms with Gasteiger partial charge in [-0.2, -0.15) is 5.10 Å². The van der Waals surface area contributed by atoms with Gasteiger partial charge in [-0.25, -0.2) is 4.39 Å². The zero-order chi connectivity index (χ0) is 13.5. The summed E-state index contributed by atoms with van der Waals surface area (Å²) in [7, 11) is 0. The van der Waals surface area contributed by atoms with E-state index in [-0.39, 0.29) is 5.82 Å². The Labute approximate surface area is 112 Å². The van der Waals surface area contributed by atoms with Gasteiger partial charge in [0, 0.05) is 31.0 Å². The number of nitrogens with zero attached hydrogens (tertiary/aromatic N) is 2. The molecule has 4 nitrogen and oxygen atoms in total. The molecule has 0 aliphatic rings. The minimum atomic E-state index is -0.280. The number of aromatic nitrogens is 2. The summed E-state index contributed by atoms with van der Waals surface area (Å²) in [6.07, 6.45) is 3.70. The predicted molar refractivity (Wildman–Crippen MR) is 71.6 cm³/mol. The number of benzene rings is 1. The van der Waals surface area contributed by atoms with E-state index in [0.717, 1.165) is 6.54 Å². The Morgan fingerprint density at radius 2 is 2.32 bits per heavy atom. The van der Waals surface area contributed by atoms with Gasteiger partial charge in [0.1, 0.15) is 18.2 Å². The van der Waals surface area contributed by atoms with Crippen LogP contribution in [0.3, 0.4) is 0 Å². The van der Waals surface area contributed by atoms with Crippen LogP contribution in [-0.2, 0) is 6.54 Å². The van der Waals surface area contributed by atoms with Gasteiger partial charge >= 0.3 is 0 Å². The molecule has 1 aromatic carbocycles. The quantitative estimate of drug-likeness (QED) is 0.777. The molecule has 1 atom stereocenters. The van der Waals surface area contributed by atoms with E-state index in [2.05, 4.69) is 17.3 Å². The summed E-state index contributed by atoms with van der Waals surface area (Å²) < 4.78 is 20.2. The Hall–Kier alpha value is -1.88. The second-order valence-corrected chi connectivity index (χ2v) is 4.39. The first kappa shape index (κ1) is 13.5. The highest BCUT2D eigenvalue weighted by Crippen LogP contribution is 2.11. The van der Waals surface area contributed by atoms with Crippen molar-refractivity contribution in [2.75, 3.05) is 13.2 Å². The fourth-order valence-corrected chi connectivity index (χ4v) is 1.78. The molecule has 0 fully saturated rings. The Morgan fingerprint density at radius 1 is 1.42 bits per heavy atom.